The Morgan fingerprint density at radius 3 is 1.77 bits per heavy atom. The molecule has 0 spiro atoms. The third kappa shape index (κ3) is 3.25. The number of hydrogen-bond donors (Lipinski definition) is 0. The molecule has 0 atom stereocenters. The second-order valence-corrected chi connectivity index (χ2v) is 12.5. The van der Waals surface area contributed by atoms with Crippen LogP contribution in [0.3, 0.4) is 0 Å². The van der Waals surface area contributed by atoms with Crippen LogP contribution < -0.4 is 0 Å². The number of para-hydroxylation sites is 3. The van der Waals surface area contributed by atoms with Crippen molar-refractivity contribution in [3.05, 3.63) is 158 Å². The Bertz CT molecular complexity index is 3070. The van der Waals surface area contributed by atoms with Gasteiger partial charge in [0.15, 0.2) is 5.58 Å². The largest absolute Gasteiger partial charge is 0.454 e. The zero-order valence-corrected chi connectivity index (χ0v) is 25.3. The molecule has 0 aliphatic carbocycles. The van der Waals surface area contributed by atoms with E-state index in [0.717, 1.165) is 38.8 Å². The lowest BCUT2D eigenvalue weighted by atomic mass is 10.00. The monoisotopic (exact) mass is 598 g/mol. The van der Waals surface area contributed by atoms with Crippen LogP contribution in [0.1, 0.15) is 0 Å². The van der Waals surface area contributed by atoms with Crippen molar-refractivity contribution in [2.75, 3.05) is 0 Å². The molecular formula is C44H26N2O. The van der Waals surface area contributed by atoms with E-state index in [1.54, 1.807) is 0 Å². The van der Waals surface area contributed by atoms with Crippen LogP contribution >= 0.6 is 0 Å². The van der Waals surface area contributed by atoms with Gasteiger partial charge in [0.2, 0.25) is 0 Å². The van der Waals surface area contributed by atoms with Gasteiger partial charge in [-0.25, -0.2) is 0 Å². The summed E-state index contributed by atoms with van der Waals surface area (Å²) in [5.41, 5.74) is 8.73. The van der Waals surface area contributed by atoms with E-state index in [4.69, 9.17) is 4.42 Å². The van der Waals surface area contributed by atoms with Crippen molar-refractivity contribution >= 4 is 87.1 Å². The van der Waals surface area contributed by atoms with Gasteiger partial charge >= 0.3 is 0 Å². The topological polar surface area (TPSA) is 23.0 Å². The van der Waals surface area contributed by atoms with E-state index in [1.165, 1.54) is 59.6 Å². The van der Waals surface area contributed by atoms with E-state index in [0.29, 0.717) is 0 Å². The summed E-state index contributed by atoms with van der Waals surface area (Å²) in [6.45, 7) is 0. The molecule has 0 N–H and O–H groups in total. The average molecular weight is 599 g/mol. The van der Waals surface area contributed by atoms with Crippen molar-refractivity contribution in [1.82, 2.24) is 9.13 Å². The Morgan fingerprint density at radius 1 is 0.362 bits per heavy atom. The number of rotatable bonds is 2. The van der Waals surface area contributed by atoms with Gasteiger partial charge in [-0.15, -0.1) is 0 Å². The van der Waals surface area contributed by atoms with Crippen LogP contribution in [0.2, 0.25) is 0 Å². The second kappa shape index (κ2) is 9.12. The normalized spacial score (nSPS) is 12.3. The highest BCUT2D eigenvalue weighted by Crippen LogP contribution is 2.46. The minimum absolute atomic E-state index is 0.902. The summed E-state index contributed by atoms with van der Waals surface area (Å²) in [5.74, 6) is 0. The van der Waals surface area contributed by atoms with E-state index in [2.05, 4.69) is 167 Å². The molecule has 0 aliphatic rings. The van der Waals surface area contributed by atoms with Crippen molar-refractivity contribution in [2.24, 2.45) is 0 Å². The van der Waals surface area contributed by atoms with Gasteiger partial charge < -0.3 is 13.6 Å². The Kier molecular flexibility index (Phi) is 4.84. The molecule has 0 saturated carbocycles. The van der Waals surface area contributed by atoms with Crippen LogP contribution in [0, 0.1) is 0 Å². The van der Waals surface area contributed by atoms with E-state index < -0.39 is 0 Å². The third-order valence-electron chi connectivity index (χ3n) is 10.1. The summed E-state index contributed by atoms with van der Waals surface area (Å²) in [5, 5.41) is 12.0. The molecule has 3 heteroatoms. The maximum atomic E-state index is 6.82. The highest BCUT2D eigenvalue weighted by Gasteiger charge is 2.25. The lowest BCUT2D eigenvalue weighted by Gasteiger charge is -2.16. The minimum Gasteiger partial charge on any atom is -0.454 e. The molecule has 0 bridgehead atoms. The van der Waals surface area contributed by atoms with Gasteiger partial charge in [0, 0.05) is 43.4 Å². The molecule has 11 aromatic rings. The van der Waals surface area contributed by atoms with Gasteiger partial charge in [-0.2, -0.15) is 0 Å². The number of hydrogen-bond acceptors (Lipinski definition) is 1. The Labute approximate surface area is 269 Å². The molecule has 0 saturated heterocycles. The van der Waals surface area contributed by atoms with E-state index in [1.807, 2.05) is 0 Å². The molecule has 0 amide bonds. The molecular weight excluding hydrogens is 572 g/mol. The molecule has 0 fully saturated rings. The smallest absolute Gasteiger partial charge is 0.160 e. The molecule has 3 nitrogen and oxygen atoms in total. The zero-order chi connectivity index (χ0) is 30.6. The van der Waals surface area contributed by atoms with Crippen LogP contribution in [0.15, 0.2) is 162 Å². The number of fused-ring (bicyclic) bond motifs is 14. The van der Waals surface area contributed by atoms with E-state index in [9.17, 15) is 0 Å². The van der Waals surface area contributed by atoms with Gasteiger partial charge in [-0.3, -0.25) is 0 Å². The van der Waals surface area contributed by atoms with E-state index in [-0.39, 0.29) is 0 Å². The molecule has 0 aliphatic heterocycles. The first-order chi connectivity index (χ1) is 23.3. The first-order valence-electron chi connectivity index (χ1n) is 16.1. The molecule has 8 aromatic carbocycles. The quantitative estimate of drug-likeness (QED) is 0.182. The molecule has 0 radical (unpaired) electrons. The summed E-state index contributed by atoms with van der Waals surface area (Å²) >= 11 is 0. The maximum Gasteiger partial charge on any atom is 0.160 e. The Morgan fingerprint density at radius 2 is 0.936 bits per heavy atom. The summed E-state index contributed by atoms with van der Waals surface area (Å²) in [6, 6.07) is 57.0. The number of nitrogens with zero attached hydrogens (tertiary/aromatic N) is 2. The molecule has 0 unspecified atom stereocenters. The lowest BCUT2D eigenvalue weighted by Crippen LogP contribution is -2.00. The fraction of sp³-hybridized carbons (Fsp3) is 0. The van der Waals surface area contributed by atoms with Gasteiger partial charge in [-0.1, -0.05) is 121 Å². The van der Waals surface area contributed by atoms with Crippen LogP contribution in [-0.2, 0) is 0 Å². The van der Waals surface area contributed by atoms with Crippen molar-refractivity contribution in [1.29, 1.82) is 0 Å². The predicted molar refractivity (Wildman–Crippen MR) is 197 cm³/mol. The predicted octanol–water partition coefficient (Wildman–Crippen LogP) is 12.1. The van der Waals surface area contributed by atoms with E-state index >= 15 is 0 Å². The summed E-state index contributed by atoms with van der Waals surface area (Å²) in [4.78, 5) is 0. The van der Waals surface area contributed by atoms with Gasteiger partial charge in [0.25, 0.3) is 0 Å². The molecule has 47 heavy (non-hydrogen) atoms. The van der Waals surface area contributed by atoms with Crippen LogP contribution in [0.5, 0.6) is 0 Å². The first kappa shape index (κ1) is 24.9. The third-order valence-corrected chi connectivity index (χ3v) is 10.1. The highest BCUT2D eigenvalue weighted by atomic mass is 16.3. The second-order valence-electron chi connectivity index (χ2n) is 12.5. The van der Waals surface area contributed by atoms with Crippen LogP contribution in [0.25, 0.3) is 98.5 Å². The van der Waals surface area contributed by atoms with Gasteiger partial charge in [0.05, 0.1) is 27.8 Å². The minimum atomic E-state index is 0.902. The summed E-state index contributed by atoms with van der Waals surface area (Å²) < 4.78 is 11.8. The molecule has 218 valence electrons. The number of aromatic nitrogens is 2. The SMILES string of the molecule is c1ccc(-n2c3ccccc3c3ccc4c5ccc6c7ccccc7oc6c5n(-c5cc6ccccc6c6ccccc56)c4c32)cc1. The van der Waals surface area contributed by atoms with Gasteiger partial charge in [0.1, 0.15) is 5.58 Å². The van der Waals surface area contributed by atoms with Crippen LogP contribution in [-0.4, -0.2) is 9.13 Å². The number of furan rings is 1. The zero-order valence-electron chi connectivity index (χ0n) is 25.3. The Hall–Kier alpha value is -6.32. The molecule has 3 heterocycles. The molecule has 3 aromatic heterocycles. The first-order valence-corrected chi connectivity index (χ1v) is 16.1. The van der Waals surface area contributed by atoms with Crippen molar-refractivity contribution < 1.29 is 4.42 Å². The average Bonchev–Trinajstić information content (AvgIpc) is 3.79. The number of benzene rings is 8. The maximum absolute atomic E-state index is 6.82. The summed E-state index contributed by atoms with van der Waals surface area (Å²) in [7, 11) is 0. The van der Waals surface area contributed by atoms with Crippen molar-refractivity contribution in [3.63, 3.8) is 0 Å². The van der Waals surface area contributed by atoms with Gasteiger partial charge in [-0.05, 0) is 52.6 Å². The van der Waals surface area contributed by atoms with Crippen LogP contribution in [0.4, 0.5) is 0 Å². The van der Waals surface area contributed by atoms with Crippen molar-refractivity contribution in [3.8, 4) is 11.4 Å². The summed E-state index contributed by atoms with van der Waals surface area (Å²) in [6.07, 6.45) is 0. The standard InChI is InChI=1S/C44H26N2O/c1-2-13-28(14-3-1)45-38-20-10-8-18-32(38)34-22-23-35-36-24-25-37-33-19-9-11-21-40(33)47-44(37)43(36)46(42(35)41(34)45)39-26-27-12-4-5-15-29(27)30-16-6-7-17-31(30)39/h1-26H. The highest BCUT2D eigenvalue weighted by molar-refractivity contribution is 6.28. The van der Waals surface area contributed by atoms with Crippen molar-refractivity contribution in [2.45, 2.75) is 0 Å². The fourth-order valence-corrected chi connectivity index (χ4v) is 8.12. The Balaban J connectivity index is 1.47. The molecule has 11 rings (SSSR count). The fourth-order valence-electron chi connectivity index (χ4n) is 8.12. The lowest BCUT2D eigenvalue weighted by molar-refractivity contribution is 0.671.